The first-order chi connectivity index (χ1) is 8.62. The van der Waals surface area contributed by atoms with Gasteiger partial charge in [-0.3, -0.25) is 0 Å². The van der Waals surface area contributed by atoms with Crippen LogP contribution in [0.5, 0.6) is 17.2 Å². The zero-order valence-corrected chi connectivity index (χ0v) is 12.1. The fraction of sp³-hybridized carbons (Fsp3) is 0.385. The van der Waals surface area contributed by atoms with Gasteiger partial charge in [-0.2, -0.15) is 0 Å². The van der Waals surface area contributed by atoms with Gasteiger partial charge in [0.25, 0.3) is 0 Å². The Morgan fingerprint density at radius 3 is 2.11 bits per heavy atom. The van der Waals surface area contributed by atoms with Crippen molar-refractivity contribution in [2.24, 2.45) is 0 Å². The van der Waals surface area contributed by atoms with E-state index in [1.807, 2.05) is 20.2 Å². The van der Waals surface area contributed by atoms with Crippen molar-refractivity contribution in [2.75, 3.05) is 40.3 Å². The van der Waals surface area contributed by atoms with E-state index >= 15 is 0 Å². The topological polar surface area (TPSA) is 30.9 Å². The standard InChI is InChI=1S/C13H17NO3S/c1-14(2)10-7-8-6-9(15-3)11(16-4)12(17-5)13(8)18-10/h6-7H,1-5H3. The first-order valence-corrected chi connectivity index (χ1v) is 6.33. The fourth-order valence-electron chi connectivity index (χ4n) is 1.85. The Hall–Kier alpha value is -1.62. The highest BCUT2D eigenvalue weighted by Crippen LogP contribution is 2.47. The zero-order valence-electron chi connectivity index (χ0n) is 11.2. The van der Waals surface area contributed by atoms with Crippen LogP contribution in [0.1, 0.15) is 0 Å². The largest absolute Gasteiger partial charge is 0.493 e. The van der Waals surface area contributed by atoms with Crippen molar-refractivity contribution in [3.63, 3.8) is 0 Å². The number of thiophene rings is 1. The Morgan fingerprint density at radius 2 is 1.61 bits per heavy atom. The summed E-state index contributed by atoms with van der Waals surface area (Å²) in [4.78, 5) is 2.07. The van der Waals surface area contributed by atoms with Crippen LogP contribution in [0.2, 0.25) is 0 Å². The number of anilines is 1. The molecule has 0 aliphatic heterocycles. The van der Waals surface area contributed by atoms with E-state index in [0.29, 0.717) is 11.5 Å². The molecule has 0 fully saturated rings. The van der Waals surface area contributed by atoms with Crippen molar-refractivity contribution in [3.05, 3.63) is 12.1 Å². The summed E-state index contributed by atoms with van der Waals surface area (Å²) in [5.41, 5.74) is 0. The van der Waals surface area contributed by atoms with Crippen LogP contribution in [-0.4, -0.2) is 35.4 Å². The average molecular weight is 267 g/mol. The number of methoxy groups -OCH3 is 3. The summed E-state index contributed by atoms with van der Waals surface area (Å²) in [5.74, 6) is 2.05. The monoisotopic (exact) mass is 267 g/mol. The number of hydrogen-bond donors (Lipinski definition) is 0. The number of nitrogens with zero attached hydrogens (tertiary/aromatic N) is 1. The van der Waals surface area contributed by atoms with Gasteiger partial charge in [-0.05, 0) is 12.1 Å². The summed E-state index contributed by atoms with van der Waals surface area (Å²) in [6.45, 7) is 0. The normalized spacial score (nSPS) is 10.5. The van der Waals surface area contributed by atoms with Crippen LogP contribution in [0.25, 0.3) is 10.1 Å². The molecule has 0 radical (unpaired) electrons. The number of rotatable bonds is 4. The Morgan fingerprint density at radius 1 is 0.944 bits per heavy atom. The number of ether oxygens (including phenoxy) is 3. The van der Waals surface area contributed by atoms with Crippen LogP contribution in [0.3, 0.4) is 0 Å². The van der Waals surface area contributed by atoms with Gasteiger partial charge in [0.1, 0.15) is 0 Å². The number of fused-ring (bicyclic) bond motifs is 1. The maximum absolute atomic E-state index is 5.47. The summed E-state index contributed by atoms with van der Waals surface area (Å²) in [5, 5.41) is 2.26. The molecule has 4 nitrogen and oxygen atoms in total. The lowest BCUT2D eigenvalue weighted by Crippen LogP contribution is -2.05. The molecule has 5 heteroatoms. The third-order valence-electron chi connectivity index (χ3n) is 2.74. The first kappa shape index (κ1) is 12.8. The Bertz CT molecular complexity index is 563. The van der Waals surface area contributed by atoms with Gasteiger partial charge in [-0.1, -0.05) is 0 Å². The molecule has 0 aliphatic rings. The minimum Gasteiger partial charge on any atom is -0.493 e. The third-order valence-corrected chi connectivity index (χ3v) is 4.06. The van der Waals surface area contributed by atoms with Gasteiger partial charge in [-0.25, -0.2) is 0 Å². The lowest BCUT2D eigenvalue weighted by molar-refractivity contribution is 0.327. The second kappa shape index (κ2) is 4.94. The van der Waals surface area contributed by atoms with E-state index < -0.39 is 0 Å². The molecule has 0 N–H and O–H groups in total. The van der Waals surface area contributed by atoms with Crippen LogP contribution in [-0.2, 0) is 0 Å². The minimum absolute atomic E-state index is 0.639. The molecule has 0 amide bonds. The third kappa shape index (κ3) is 1.95. The zero-order chi connectivity index (χ0) is 13.3. The predicted molar refractivity (Wildman–Crippen MR) is 75.8 cm³/mol. The van der Waals surface area contributed by atoms with Gasteiger partial charge in [0.15, 0.2) is 11.5 Å². The van der Waals surface area contributed by atoms with Crippen molar-refractivity contribution in [3.8, 4) is 17.2 Å². The maximum Gasteiger partial charge on any atom is 0.204 e. The smallest absolute Gasteiger partial charge is 0.204 e. The van der Waals surface area contributed by atoms with E-state index in [9.17, 15) is 0 Å². The van der Waals surface area contributed by atoms with E-state index in [1.54, 1.807) is 32.7 Å². The van der Waals surface area contributed by atoms with Gasteiger partial charge in [-0.15, -0.1) is 11.3 Å². The predicted octanol–water partition coefficient (Wildman–Crippen LogP) is 2.99. The first-order valence-electron chi connectivity index (χ1n) is 5.52. The van der Waals surface area contributed by atoms with E-state index in [0.717, 1.165) is 15.8 Å². The molecule has 0 spiro atoms. The molecule has 1 aromatic carbocycles. The minimum atomic E-state index is 0.639. The quantitative estimate of drug-likeness (QED) is 0.852. The molecule has 98 valence electrons. The Kier molecular flexibility index (Phi) is 3.52. The Labute approximate surface area is 111 Å². The highest BCUT2D eigenvalue weighted by molar-refractivity contribution is 7.23. The molecule has 1 aromatic heterocycles. The van der Waals surface area contributed by atoms with Crippen LogP contribution in [0, 0.1) is 0 Å². The summed E-state index contributed by atoms with van der Waals surface area (Å²) in [6.07, 6.45) is 0. The van der Waals surface area contributed by atoms with Gasteiger partial charge < -0.3 is 19.1 Å². The molecule has 2 aromatic rings. The molecule has 2 rings (SSSR count). The van der Waals surface area contributed by atoms with Crippen LogP contribution in [0.15, 0.2) is 12.1 Å². The van der Waals surface area contributed by atoms with Gasteiger partial charge >= 0.3 is 0 Å². The van der Waals surface area contributed by atoms with Crippen molar-refractivity contribution < 1.29 is 14.2 Å². The maximum atomic E-state index is 5.47. The highest BCUT2D eigenvalue weighted by Gasteiger charge is 2.18. The molecule has 0 atom stereocenters. The van der Waals surface area contributed by atoms with Crippen LogP contribution in [0.4, 0.5) is 5.00 Å². The molecule has 0 aliphatic carbocycles. The molecule has 0 saturated heterocycles. The van der Waals surface area contributed by atoms with Crippen LogP contribution < -0.4 is 19.1 Å². The van der Waals surface area contributed by atoms with Gasteiger partial charge in [0.2, 0.25) is 5.75 Å². The SMILES string of the molecule is COc1cc2cc(N(C)C)sc2c(OC)c1OC. The van der Waals surface area contributed by atoms with Crippen molar-refractivity contribution >= 4 is 26.4 Å². The molecule has 0 unspecified atom stereocenters. The molecule has 0 saturated carbocycles. The Balaban J connectivity index is 2.75. The van der Waals surface area contributed by atoms with Gasteiger partial charge in [0.05, 0.1) is 31.0 Å². The number of hydrogen-bond acceptors (Lipinski definition) is 5. The summed E-state index contributed by atoms with van der Waals surface area (Å²) >= 11 is 1.67. The highest BCUT2D eigenvalue weighted by atomic mass is 32.1. The van der Waals surface area contributed by atoms with Gasteiger partial charge in [0, 0.05) is 19.5 Å². The van der Waals surface area contributed by atoms with E-state index in [2.05, 4.69) is 11.0 Å². The second-order valence-corrected chi connectivity index (χ2v) is 5.07. The van der Waals surface area contributed by atoms with Crippen molar-refractivity contribution in [1.29, 1.82) is 0 Å². The van der Waals surface area contributed by atoms with Crippen molar-refractivity contribution in [2.45, 2.75) is 0 Å². The molecular formula is C13H17NO3S. The fourth-order valence-corrected chi connectivity index (χ4v) is 2.93. The molecule has 1 heterocycles. The summed E-state index contributed by atoms with van der Waals surface area (Å²) in [7, 11) is 8.93. The van der Waals surface area contributed by atoms with Crippen LogP contribution >= 0.6 is 11.3 Å². The van der Waals surface area contributed by atoms with Crippen molar-refractivity contribution in [1.82, 2.24) is 0 Å². The summed E-state index contributed by atoms with van der Waals surface area (Å²) in [6, 6.07) is 4.09. The van der Waals surface area contributed by atoms with E-state index in [-0.39, 0.29) is 0 Å². The van der Waals surface area contributed by atoms with E-state index in [1.165, 1.54) is 5.00 Å². The second-order valence-electron chi connectivity index (χ2n) is 4.04. The lowest BCUT2D eigenvalue weighted by Gasteiger charge is -2.12. The molecule has 18 heavy (non-hydrogen) atoms. The summed E-state index contributed by atoms with van der Waals surface area (Å²) < 4.78 is 17.3. The number of benzene rings is 1. The average Bonchev–Trinajstić information content (AvgIpc) is 2.79. The van der Waals surface area contributed by atoms with E-state index in [4.69, 9.17) is 14.2 Å². The molecular weight excluding hydrogens is 250 g/mol. The molecule has 0 bridgehead atoms. The lowest BCUT2D eigenvalue weighted by atomic mass is 10.2.